The Balaban J connectivity index is 1.76. The van der Waals surface area contributed by atoms with Crippen LogP contribution in [0, 0.1) is 0 Å². The van der Waals surface area contributed by atoms with Gasteiger partial charge in [-0.25, -0.2) is 13.1 Å². The van der Waals surface area contributed by atoms with Crippen LogP contribution in [0.2, 0.25) is 5.02 Å². The molecule has 0 spiro atoms. The van der Waals surface area contributed by atoms with Gasteiger partial charge in [-0.15, -0.1) is 0 Å². The van der Waals surface area contributed by atoms with E-state index in [0.29, 0.717) is 27.5 Å². The van der Waals surface area contributed by atoms with Gasteiger partial charge in [0, 0.05) is 28.7 Å². The van der Waals surface area contributed by atoms with Gasteiger partial charge in [0.15, 0.2) is 9.84 Å². The maximum atomic E-state index is 13.1. The second kappa shape index (κ2) is 8.37. The maximum absolute atomic E-state index is 13.1. The summed E-state index contributed by atoms with van der Waals surface area (Å²) in [6, 6.07) is 22.5. The predicted molar refractivity (Wildman–Crippen MR) is 122 cm³/mol. The molecule has 0 aliphatic carbocycles. The average Bonchev–Trinajstić information content (AvgIpc) is 3.21. The summed E-state index contributed by atoms with van der Waals surface area (Å²) < 4.78 is 25.2. The Morgan fingerprint density at radius 2 is 1.58 bits per heavy atom. The number of sulfone groups is 1. The van der Waals surface area contributed by atoms with E-state index in [1.54, 1.807) is 47.3 Å². The Labute approximate surface area is 185 Å². The maximum Gasteiger partial charge on any atom is 0.259 e. The molecule has 0 unspecified atom stereocenters. The topological polar surface area (TPSA) is 81.1 Å². The molecule has 0 radical (unpaired) electrons. The Morgan fingerprint density at radius 1 is 0.935 bits per heavy atom. The first-order valence-electron chi connectivity index (χ1n) is 9.34. The Kier molecular flexibility index (Phi) is 5.63. The van der Waals surface area contributed by atoms with Crippen molar-refractivity contribution in [3.63, 3.8) is 0 Å². The Hall–Kier alpha value is -3.42. The van der Waals surface area contributed by atoms with Crippen molar-refractivity contribution < 1.29 is 13.2 Å². The number of amides is 1. The number of carbonyl (C=O) groups excluding carboxylic acids is 1. The molecule has 0 bridgehead atoms. The van der Waals surface area contributed by atoms with Crippen LogP contribution in [0.3, 0.4) is 0 Å². The molecule has 0 fully saturated rings. The summed E-state index contributed by atoms with van der Waals surface area (Å²) in [4.78, 5) is 13.3. The van der Waals surface area contributed by atoms with Crippen LogP contribution in [-0.2, 0) is 9.84 Å². The number of nitrogens with one attached hydrogen (secondary N) is 1. The van der Waals surface area contributed by atoms with E-state index in [-0.39, 0.29) is 10.8 Å². The molecule has 1 heterocycles. The third kappa shape index (κ3) is 4.68. The molecule has 3 aromatic carbocycles. The number of rotatable bonds is 5. The van der Waals surface area contributed by atoms with Crippen molar-refractivity contribution in [1.29, 1.82) is 0 Å². The molecule has 1 N–H and O–H groups in total. The number of aromatic nitrogens is 2. The molecule has 8 heteroatoms. The fourth-order valence-electron chi connectivity index (χ4n) is 3.06. The molecule has 0 aliphatic rings. The van der Waals surface area contributed by atoms with Crippen LogP contribution in [-0.4, -0.2) is 30.4 Å². The predicted octanol–water partition coefficient (Wildman–Crippen LogP) is 4.85. The van der Waals surface area contributed by atoms with Crippen molar-refractivity contribution in [3.05, 3.63) is 95.6 Å². The van der Waals surface area contributed by atoms with Gasteiger partial charge >= 0.3 is 0 Å². The van der Waals surface area contributed by atoms with Crippen LogP contribution in [0.15, 0.2) is 90.0 Å². The van der Waals surface area contributed by atoms with Crippen LogP contribution >= 0.6 is 11.6 Å². The molecule has 4 rings (SSSR count). The molecule has 156 valence electrons. The zero-order valence-corrected chi connectivity index (χ0v) is 18.1. The van der Waals surface area contributed by atoms with E-state index in [1.807, 2.05) is 30.3 Å². The smallest absolute Gasteiger partial charge is 0.259 e. The van der Waals surface area contributed by atoms with Crippen LogP contribution in [0.25, 0.3) is 16.9 Å². The van der Waals surface area contributed by atoms with Crippen molar-refractivity contribution >= 4 is 33.0 Å². The Morgan fingerprint density at radius 3 is 2.19 bits per heavy atom. The van der Waals surface area contributed by atoms with Gasteiger partial charge in [-0.05, 0) is 48.5 Å². The number of nitrogens with zero attached hydrogens (tertiary/aromatic N) is 2. The fourth-order valence-corrected chi connectivity index (χ4v) is 3.81. The van der Waals surface area contributed by atoms with Gasteiger partial charge in [-0.3, -0.25) is 4.79 Å². The van der Waals surface area contributed by atoms with E-state index in [1.165, 1.54) is 12.1 Å². The first-order valence-corrected chi connectivity index (χ1v) is 11.6. The summed E-state index contributed by atoms with van der Waals surface area (Å²) in [5, 5.41) is 8.02. The number of anilines is 1. The van der Waals surface area contributed by atoms with Crippen LogP contribution in [0.4, 0.5) is 5.69 Å². The number of hydrogen-bond acceptors (Lipinski definition) is 4. The molecule has 0 saturated carbocycles. The standard InChI is InChI=1S/C23H18ClN3O3S/c1-31(29,30)20-13-7-16(8-14-20)22-21(15-27(26-22)19-5-3-2-4-6-19)23(28)25-18-11-9-17(24)10-12-18/h2-15H,1H3,(H,25,28). The van der Waals surface area contributed by atoms with Gasteiger partial charge in [-0.2, -0.15) is 5.10 Å². The molecule has 0 saturated heterocycles. The van der Waals surface area contributed by atoms with Gasteiger partial charge < -0.3 is 5.32 Å². The minimum Gasteiger partial charge on any atom is -0.322 e. The second-order valence-electron chi connectivity index (χ2n) is 6.93. The van der Waals surface area contributed by atoms with E-state index >= 15 is 0 Å². The second-order valence-corrected chi connectivity index (χ2v) is 9.38. The highest BCUT2D eigenvalue weighted by molar-refractivity contribution is 7.90. The third-order valence-electron chi connectivity index (χ3n) is 4.64. The highest BCUT2D eigenvalue weighted by Crippen LogP contribution is 2.26. The molecule has 1 aromatic heterocycles. The van der Waals surface area contributed by atoms with Crippen molar-refractivity contribution in [3.8, 4) is 16.9 Å². The van der Waals surface area contributed by atoms with Crippen molar-refractivity contribution in [2.24, 2.45) is 0 Å². The van der Waals surface area contributed by atoms with E-state index < -0.39 is 9.84 Å². The van der Waals surface area contributed by atoms with Crippen LogP contribution < -0.4 is 5.32 Å². The Bertz CT molecular complexity index is 1330. The lowest BCUT2D eigenvalue weighted by atomic mass is 10.1. The lowest BCUT2D eigenvalue weighted by molar-refractivity contribution is 0.102. The van der Waals surface area contributed by atoms with Gasteiger partial charge in [-0.1, -0.05) is 41.9 Å². The van der Waals surface area contributed by atoms with Gasteiger partial charge in [0.1, 0.15) is 5.69 Å². The highest BCUT2D eigenvalue weighted by atomic mass is 35.5. The molecule has 0 atom stereocenters. The quantitative estimate of drug-likeness (QED) is 0.470. The van der Waals surface area contributed by atoms with Gasteiger partial charge in [0.25, 0.3) is 5.91 Å². The summed E-state index contributed by atoms with van der Waals surface area (Å²) in [7, 11) is -3.33. The van der Waals surface area contributed by atoms with Gasteiger partial charge in [0.2, 0.25) is 0 Å². The fraction of sp³-hybridized carbons (Fsp3) is 0.0435. The van der Waals surface area contributed by atoms with E-state index in [4.69, 9.17) is 11.6 Å². The molecule has 0 aliphatic heterocycles. The van der Waals surface area contributed by atoms with Crippen LogP contribution in [0.5, 0.6) is 0 Å². The molecule has 31 heavy (non-hydrogen) atoms. The lowest BCUT2D eigenvalue weighted by Gasteiger charge is -2.06. The summed E-state index contributed by atoms with van der Waals surface area (Å²) >= 11 is 5.92. The first kappa shape index (κ1) is 20.8. The molecular formula is C23H18ClN3O3S. The lowest BCUT2D eigenvalue weighted by Crippen LogP contribution is -2.12. The number of hydrogen-bond donors (Lipinski definition) is 1. The summed E-state index contributed by atoms with van der Waals surface area (Å²) in [6.45, 7) is 0. The summed E-state index contributed by atoms with van der Waals surface area (Å²) in [6.07, 6.45) is 2.80. The summed E-state index contributed by atoms with van der Waals surface area (Å²) in [5.74, 6) is -0.341. The minimum atomic E-state index is -3.33. The summed E-state index contributed by atoms with van der Waals surface area (Å²) in [5.41, 5.74) is 2.81. The molecule has 1 amide bonds. The van der Waals surface area contributed by atoms with Crippen molar-refractivity contribution in [2.45, 2.75) is 4.90 Å². The zero-order chi connectivity index (χ0) is 22.0. The van der Waals surface area contributed by atoms with Gasteiger partial charge in [0.05, 0.1) is 16.1 Å². The normalized spacial score (nSPS) is 11.3. The average molecular weight is 452 g/mol. The minimum absolute atomic E-state index is 0.200. The highest BCUT2D eigenvalue weighted by Gasteiger charge is 2.19. The molecule has 4 aromatic rings. The number of halogens is 1. The van der Waals surface area contributed by atoms with Crippen molar-refractivity contribution in [2.75, 3.05) is 11.6 Å². The number of benzene rings is 3. The number of para-hydroxylation sites is 1. The molecule has 6 nitrogen and oxygen atoms in total. The zero-order valence-electron chi connectivity index (χ0n) is 16.5. The van der Waals surface area contributed by atoms with Crippen molar-refractivity contribution in [1.82, 2.24) is 9.78 Å². The number of carbonyl (C=O) groups is 1. The monoisotopic (exact) mass is 451 g/mol. The first-order chi connectivity index (χ1) is 14.8. The largest absolute Gasteiger partial charge is 0.322 e. The van der Waals surface area contributed by atoms with E-state index in [0.717, 1.165) is 11.9 Å². The third-order valence-corrected chi connectivity index (χ3v) is 6.02. The van der Waals surface area contributed by atoms with E-state index in [2.05, 4.69) is 10.4 Å². The SMILES string of the molecule is CS(=O)(=O)c1ccc(-c2nn(-c3ccccc3)cc2C(=O)Nc2ccc(Cl)cc2)cc1. The molecular weight excluding hydrogens is 434 g/mol. The van der Waals surface area contributed by atoms with Crippen LogP contribution in [0.1, 0.15) is 10.4 Å². The van der Waals surface area contributed by atoms with E-state index in [9.17, 15) is 13.2 Å².